The van der Waals surface area contributed by atoms with Crippen LogP contribution in [0.25, 0.3) is 11.0 Å². The third-order valence-electron chi connectivity index (χ3n) is 2.80. The van der Waals surface area contributed by atoms with Crippen LogP contribution >= 0.6 is 11.3 Å². The van der Waals surface area contributed by atoms with E-state index in [2.05, 4.69) is 27.0 Å². The normalized spacial score (nSPS) is 11.4. The summed E-state index contributed by atoms with van der Waals surface area (Å²) in [4.78, 5) is 27.7. The zero-order valence-electron chi connectivity index (χ0n) is 12.3. The molecular formula is C14H12N6O3S. The number of nitrogens with zero attached hydrogens (tertiary/aromatic N) is 5. The number of hydrogen-bond donors (Lipinski definition) is 1. The molecule has 0 saturated carbocycles. The van der Waals surface area contributed by atoms with Crippen molar-refractivity contribution in [1.82, 2.24) is 20.1 Å². The smallest absolute Gasteiger partial charge is 0.389 e. The van der Waals surface area contributed by atoms with Gasteiger partial charge in [0.2, 0.25) is 5.71 Å². The average molecular weight is 344 g/mol. The first kappa shape index (κ1) is 15.6. The van der Waals surface area contributed by atoms with Gasteiger partial charge in [-0.25, -0.2) is 9.78 Å². The fourth-order valence-corrected chi connectivity index (χ4v) is 2.32. The Morgan fingerprint density at radius 1 is 1.46 bits per heavy atom. The van der Waals surface area contributed by atoms with Crippen molar-refractivity contribution in [1.29, 1.82) is 0 Å². The topological polar surface area (TPSA) is 118 Å². The number of benzene rings is 1. The number of rotatable bonds is 6. The molecule has 0 atom stereocenters. The number of nitrogen functional groups attached to an aromatic ring is 1. The second kappa shape index (κ2) is 6.87. The summed E-state index contributed by atoms with van der Waals surface area (Å²) in [5.41, 5.74) is 6.83. The minimum Gasteiger partial charge on any atom is -0.391 e. The summed E-state index contributed by atoms with van der Waals surface area (Å²) in [6.45, 7) is 3.64. The van der Waals surface area contributed by atoms with Gasteiger partial charge in [0.05, 0.1) is 0 Å². The average Bonchev–Trinajstić information content (AvgIpc) is 3.18. The molecule has 0 radical (unpaired) electrons. The van der Waals surface area contributed by atoms with Gasteiger partial charge in [-0.15, -0.1) is 16.4 Å². The molecule has 0 fully saturated rings. The van der Waals surface area contributed by atoms with E-state index in [0.29, 0.717) is 16.2 Å². The van der Waals surface area contributed by atoms with E-state index in [1.165, 1.54) is 17.4 Å². The molecule has 0 aliphatic heterocycles. The van der Waals surface area contributed by atoms with Gasteiger partial charge >= 0.3 is 5.97 Å². The molecule has 9 nitrogen and oxygen atoms in total. The van der Waals surface area contributed by atoms with E-state index in [1.54, 1.807) is 29.6 Å². The second-order valence-electron chi connectivity index (χ2n) is 4.43. The lowest BCUT2D eigenvalue weighted by atomic mass is 10.3. The Kier molecular flexibility index (Phi) is 4.47. The van der Waals surface area contributed by atoms with E-state index in [-0.39, 0.29) is 18.0 Å². The van der Waals surface area contributed by atoms with Crippen molar-refractivity contribution in [3.63, 3.8) is 0 Å². The van der Waals surface area contributed by atoms with E-state index >= 15 is 0 Å². The van der Waals surface area contributed by atoms with Crippen LogP contribution in [-0.4, -0.2) is 38.4 Å². The first-order valence-corrected chi connectivity index (χ1v) is 7.62. The maximum atomic E-state index is 12.4. The molecule has 2 heterocycles. The van der Waals surface area contributed by atoms with E-state index in [0.717, 1.165) is 4.85 Å². The molecule has 0 aliphatic rings. The second-order valence-corrected chi connectivity index (χ2v) is 5.31. The first-order valence-electron chi connectivity index (χ1n) is 6.74. The Labute approximate surface area is 139 Å². The molecule has 0 bridgehead atoms. The highest BCUT2D eigenvalue weighted by molar-refractivity contribution is 7.13. The van der Waals surface area contributed by atoms with Gasteiger partial charge in [-0.2, -0.15) is 0 Å². The van der Waals surface area contributed by atoms with E-state index in [4.69, 9.17) is 15.4 Å². The van der Waals surface area contributed by atoms with Crippen molar-refractivity contribution in [2.75, 3.05) is 12.3 Å². The van der Waals surface area contributed by atoms with Crippen molar-refractivity contribution < 1.29 is 14.5 Å². The summed E-state index contributed by atoms with van der Waals surface area (Å²) in [6.07, 6.45) is 1.49. The van der Waals surface area contributed by atoms with Gasteiger partial charge in [-0.1, -0.05) is 34.8 Å². The highest BCUT2D eigenvalue weighted by Gasteiger charge is 2.22. The van der Waals surface area contributed by atoms with Crippen molar-refractivity contribution in [3.8, 4) is 0 Å². The summed E-state index contributed by atoms with van der Waals surface area (Å²) in [7, 11) is 0. The molecule has 0 aliphatic carbocycles. The molecule has 2 aromatic heterocycles. The molecule has 0 saturated heterocycles. The third kappa shape index (κ3) is 3.22. The van der Waals surface area contributed by atoms with Crippen LogP contribution in [0.4, 0.5) is 5.13 Å². The van der Waals surface area contributed by atoms with Crippen LogP contribution in [0.2, 0.25) is 0 Å². The number of nitrogens with two attached hydrogens (primary N) is 1. The van der Waals surface area contributed by atoms with Gasteiger partial charge in [-0.3, -0.25) is 0 Å². The fourth-order valence-electron chi connectivity index (χ4n) is 1.78. The Hall–Kier alpha value is -3.27. The molecule has 3 rings (SSSR count). The zero-order chi connectivity index (χ0) is 16.9. The molecular weight excluding hydrogens is 332 g/mol. The quantitative estimate of drug-likeness (QED) is 0.233. The number of anilines is 1. The number of fused-ring (bicyclic) bond motifs is 1. The lowest BCUT2D eigenvalue weighted by Crippen LogP contribution is -2.29. The van der Waals surface area contributed by atoms with Crippen molar-refractivity contribution >= 4 is 39.2 Å². The van der Waals surface area contributed by atoms with Gasteiger partial charge in [0, 0.05) is 5.38 Å². The zero-order valence-corrected chi connectivity index (χ0v) is 13.1. The standard InChI is InChI=1S/C14H12N6O3S/c1-2-7-22-18-12(10-8-24-14(15)16-10)13(21)23-20-11-6-4-3-5-9(11)17-19-20/h2-6,8H,1,7H2,(H2,15,16)/b18-12-. The highest BCUT2D eigenvalue weighted by Crippen LogP contribution is 2.13. The summed E-state index contributed by atoms with van der Waals surface area (Å²) >= 11 is 1.17. The van der Waals surface area contributed by atoms with Crippen LogP contribution < -0.4 is 10.6 Å². The largest absolute Gasteiger partial charge is 0.391 e. The lowest BCUT2D eigenvalue weighted by molar-refractivity contribution is -0.137. The molecule has 0 unspecified atom stereocenters. The van der Waals surface area contributed by atoms with E-state index in [9.17, 15) is 4.79 Å². The minimum atomic E-state index is -0.806. The third-order valence-corrected chi connectivity index (χ3v) is 3.47. The predicted octanol–water partition coefficient (Wildman–Crippen LogP) is 1.03. The highest BCUT2D eigenvalue weighted by atomic mass is 32.1. The van der Waals surface area contributed by atoms with Crippen molar-refractivity contribution in [3.05, 3.63) is 48.0 Å². The Bertz CT molecular complexity index is 916. The number of hydrogen-bond acceptors (Lipinski definition) is 9. The summed E-state index contributed by atoms with van der Waals surface area (Å²) in [5, 5.41) is 13.3. The van der Waals surface area contributed by atoms with Crippen LogP contribution in [0.3, 0.4) is 0 Å². The van der Waals surface area contributed by atoms with Crippen LogP contribution in [0.1, 0.15) is 5.69 Å². The summed E-state index contributed by atoms with van der Waals surface area (Å²) in [6, 6.07) is 7.04. The van der Waals surface area contributed by atoms with Gasteiger partial charge in [0.25, 0.3) is 0 Å². The monoisotopic (exact) mass is 344 g/mol. The molecule has 0 spiro atoms. The van der Waals surface area contributed by atoms with Crippen molar-refractivity contribution in [2.45, 2.75) is 0 Å². The number of para-hydroxylation sites is 1. The molecule has 0 amide bonds. The van der Waals surface area contributed by atoms with Gasteiger partial charge < -0.3 is 15.4 Å². The van der Waals surface area contributed by atoms with Gasteiger partial charge in [0.15, 0.2) is 5.13 Å². The SMILES string of the molecule is C=CCO/N=C(\C(=O)On1nnc2ccccc21)c1csc(N)n1. The molecule has 24 heavy (non-hydrogen) atoms. The van der Waals surface area contributed by atoms with Crippen LogP contribution in [-0.2, 0) is 9.63 Å². The Morgan fingerprint density at radius 3 is 3.04 bits per heavy atom. The maximum Gasteiger partial charge on any atom is 0.389 e. The Balaban J connectivity index is 1.88. The number of carbonyl (C=O) groups excluding carboxylic acids is 1. The van der Waals surface area contributed by atoms with Crippen LogP contribution in [0.15, 0.2) is 47.5 Å². The fraction of sp³-hybridized carbons (Fsp3) is 0.0714. The van der Waals surface area contributed by atoms with E-state index in [1.807, 2.05) is 0 Å². The maximum absolute atomic E-state index is 12.4. The number of oxime groups is 1. The van der Waals surface area contributed by atoms with Crippen LogP contribution in [0.5, 0.6) is 0 Å². The van der Waals surface area contributed by atoms with E-state index < -0.39 is 5.97 Å². The minimum absolute atomic E-state index is 0.128. The number of aromatic nitrogens is 4. The van der Waals surface area contributed by atoms with Gasteiger partial charge in [-0.05, 0) is 17.3 Å². The van der Waals surface area contributed by atoms with Gasteiger partial charge in [0.1, 0.15) is 23.3 Å². The molecule has 122 valence electrons. The number of carbonyl (C=O) groups is 1. The summed E-state index contributed by atoms with van der Waals surface area (Å²) in [5.74, 6) is -0.806. The molecule has 2 N–H and O–H groups in total. The Morgan fingerprint density at radius 2 is 2.29 bits per heavy atom. The molecule has 3 aromatic rings. The van der Waals surface area contributed by atoms with Crippen molar-refractivity contribution in [2.24, 2.45) is 5.16 Å². The first-order chi connectivity index (χ1) is 11.7. The van der Waals surface area contributed by atoms with Crippen LogP contribution in [0, 0.1) is 0 Å². The molecule has 1 aromatic carbocycles. The summed E-state index contributed by atoms with van der Waals surface area (Å²) < 4.78 is 0. The number of thiazole rings is 1. The predicted molar refractivity (Wildman–Crippen MR) is 88.3 cm³/mol. The lowest BCUT2D eigenvalue weighted by Gasteiger charge is -2.04. The molecule has 10 heteroatoms.